The van der Waals surface area contributed by atoms with Crippen molar-refractivity contribution in [3.05, 3.63) is 29.0 Å². The van der Waals surface area contributed by atoms with Gasteiger partial charge in [0.15, 0.2) is 14.6 Å². The quantitative estimate of drug-likeness (QED) is 0.716. The lowest BCUT2D eigenvalue weighted by atomic mass is 10.2. The summed E-state index contributed by atoms with van der Waals surface area (Å²) in [5.74, 6) is 0.528. The van der Waals surface area contributed by atoms with Gasteiger partial charge in [-0.2, -0.15) is 8.78 Å². The number of imidazole rings is 1. The molecule has 1 atom stereocenters. The van der Waals surface area contributed by atoms with Gasteiger partial charge in [0, 0.05) is 32.2 Å². The Labute approximate surface area is 161 Å². The average molecular weight is 417 g/mol. The molecule has 6 nitrogen and oxygen atoms in total. The number of nitrogens with zero attached hydrogens (tertiary/aromatic N) is 4. The van der Waals surface area contributed by atoms with E-state index in [0.29, 0.717) is 24.1 Å². The number of fused-ring (bicyclic) bond motifs is 1. The van der Waals surface area contributed by atoms with Crippen LogP contribution in [0.15, 0.2) is 24.3 Å². The lowest BCUT2D eigenvalue weighted by molar-refractivity contribution is 0.0680. The molecule has 3 heterocycles. The summed E-state index contributed by atoms with van der Waals surface area (Å²) in [7, 11) is -2.89. The van der Waals surface area contributed by atoms with Gasteiger partial charge < -0.3 is 4.57 Å². The smallest absolute Gasteiger partial charge is 0.303 e. The van der Waals surface area contributed by atoms with E-state index in [0.717, 1.165) is 30.7 Å². The van der Waals surface area contributed by atoms with E-state index in [1.807, 2.05) is 12.1 Å². The molecule has 0 saturated carbocycles. The Morgan fingerprint density at radius 3 is 2.37 bits per heavy atom. The number of halogens is 2. The Morgan fingerprint density at radius 2 is 1.78 bits per heavy atom. The zero-order chi connectivity index (χ0) is 19.2. The molecule has 2 aliphatic rings. The molecular formula is C17H22F2N4O2S2. The number of aromatic nitrogens is 2. The molecule has 148 valence electrons. The van der Waals surface area contributed by atoms with Gasteiger partial charge in [-0.15, -0.1) is 0 Å². The maximum absolute atomic E-state index is 13.5. The van der Waals surface area contributed by atoms with E-state index in [-0.39, 0.29) is 22.3 Å². The van der Waals surface area contributed by atoms with Gasteiger partial charge in [-0.05, 0) is 30.8 Å². The third-order valence-corrected chi connectivity index (χ3v) is 7.70. The average Bonchev–Trinajstić information content (AvgIpc) is 3.13. The molecule has 10 heteroatoms. The SMILES string of the molecule is O=S1(=O)CCC(N2CCN(Cn3c(=S)n(C(F)F)c4ccccc43)CC2)C1. The Balaban J connectivity index is 1.48. The Hall–Kier alpha value is -1.36. The minimum Gasteiger partial charge on any atom is -0.303 e. The van der Waals surface area contributed by atoms with Gasteiger partial charge in [0.2, 0.25) is 0 Å². The minimum absolute atomic E-state index is 0.111. The Morgan fingerprint density at radius 1 is 1.11 bits per heavy atom. The molecule has 0 amide bonds. The lowest BCUT2D eigenvalue weighted by Gasteiger charge is -2.37. The maximum Gasteiger partial charge on any atom is 0.321 e. The van der Waals surface area contributed by atoms with E-state index < -0.39 is 16.4 Å². The van der Waals surface area contributed by atoms with Gasteiger partial charge in [0.1, 0.15) is 0 Å². The van der Waals surface area contributed by atoms with Crippen LogP contribution < -0.4 is 0 Å². The summed E-state index contributed by atoms with van der Waals surface area (Å²) in [4.78, 5) is 4.42. The van der Waals surface area contributed by atoms with Crippen molar-refractivity contribution in [2.75, 3.05) is 37.7 Å². The number of hydrogen-bond acceptors (Lipinski definition) is 5. The molecule has 0 spiro atoms. The summed E-state index contributed by atoms with van der Waals surface area (Å²) in [5, 5.41) is 0. The van der Waals surface area contributed by atoms with Crippen LogP contribution in [0.1, 0.15) is 13.0 Å². The predicted octanol–water partition coefficient (Wildman–Crippen LogP) is 2.33. The van der Waals surface area contributed by atoms with Crippen molar-refractivity contribution in [3.63, 3.8) is 0 Å². The van der Waals surface area contributed by atoms with Gasteiger partial charge in [-0.25, -0.2) is 8.42 Å². The van der Waals surface area contributed by atoms with Crippen molar-refractivity contribution in [3.8, 4) is 0 Å². The third-order valence-electron chi connectivity index (χ3n) is 5.54. The number of rotatable bonds is 4. The fourth-order valence-corrected chi connectivity index (χ4v) is 6.19. The summed E-state index contributed by atoms with van der Waals surface area (Å²) in [6.45, 7) is 0.849. The van der Waals surface area contributed by atoms with Gasteiger partial charge in [0.05, 0.1) is 29.2 Å². The first kappa shape index (κ1) is 19.0. The molecule has 2 saturated heterocycles. The van der Waals surface area contributed by atoms with Crippen LogP contribution in [0.2, 0.25) is 0 Å². The van der Waals surface area contributed by atoms with Crippen LogP contribution in [-0.4, -0.2) is 71.1 Å². The van der Waals surface area contributed by atoms with E-state index in [2.05, 4.69) is 9.80 Å². The highest BCUT2D eigenvalue weighted by atomic mass is 32.2. The zero-order valence-corrected chi connectivity index (χ0v) is 16.4. The van der Waals surface area contributed by atoms with Crippen LogP contribution in [0.4, 0.5) is 8.78 Å². The second-order valence-corrected chi connectivity index (χ2v) is 9.79. The van der Waals surface area contributed by atoms with E-state index in [1.165, 1.54) is 0 Å². The normalized spacial score (nSPS) is 24.2. The molecule has 0 radical (unpaired) electrons. The molecule has 0 bridgehead atoms. The van der Waals surface area contributed by atoms with Crippen molar-refractivity contribution in [1.29, 1.82) is 0 Å². The molecule has 0 aliphatic carbocycles. The molecule has 2 aromatic rings. The first-order valence-corrected chi connectivity index (χ1v) is 11.2. The first-order valence-electron chi connectivity index (χ1n) is 9.00. The molecule has 2 aliphatic heterocycles. The van der Waals surface area contributed by atoms with Crippen molar-refractivity contribution >= 4 is 33.1 Å². The lowest BCUT2D eigenvalue weighted by Crippen LogP contribution is -2.50. The Kier molecular flexibility index (Phi) is 5.08. The molecular weight excluding hydrogens is 394 g/mol. The standard InChI is InChI=1S/C17H22F2N4O2S2/c18-16(19)23-15-4-2-1-3-14(15)22(17(23)26)12-20-6-8-21(9-7-20)13-5-10-27(24,25)11-13/h1-4,13,16H,5-12H2. The Bertz CT molecular complexity index is 994. The molecule has 27 heavy (non-hydrogen) atoms. The highest BCUT2D eigenvalue weighted by Crippen LogP contribution is 2.25. The van der Waals surface area contributed by atoms with Crippen molar-refractivity contribution in [2.45, 2.75) is 25.7 Å². The summed E-state index contributed by atoms with van der Waals surface area (Å²) >= 11 is 5.32. The largest absolute Gasteiger partial charge is 0.321 e. The van der Waals surface area contributed by atoms with Crippen molar-refractivity contribution in [2.24, 2.45) is 0 Å². The highest BCUT2D eigenvalue weighted by Gasteiger charge is 2.33. The molecule has 4 rings (SSSR count). The fraction of sp³-hybridized carbons (Fsp3) is 0.588. The van der Waals surface area contributed by atoms with E-state index in [4.69, 9.17) is 12.2 Å². The summed E-state index contributed by atoms with van der Waals surface area (Å²) < 4.78 is 53.1. The monoisotopic (exact) mass is 416 g/mol. The second-order valence-electron chi connectivity index (χ2n) is 7.20. The molecule has 2 fully saturated rings. The number of sulfone groups is 1. The summed E-state index contributed by atoms with van der Waals surface area (Å²) in [6, 6.07) is 7.13. The van der Waals surface area contributed by atoms with Crippen LogP contribution in [0.25, 0.3) is 11.0 Å². The first-order chi connectivity index (χ1) is 12.9. The van der Waals surface area contributed by atoms with E-state index in [1.54, 1.807) is 16.7 Å². The van der Waals surface area contributed by atoms with Crippen molar-refractivity contribution in [1.82, 2.24) is 18.9 Å². The van der Waals surface area contributed by atoms with E-state index in [9.17, 15) is 17.2 Å². The van der Waals surface area contributed by atoms with Gasteiger partial charge in [0.25, 0.3) is 0 Å². The fourth-order valence-electron chi connectivity index (χ4n) is 4.09. The number of alkyl halides is 2. The minimum atomic E-state index is -2.89. The van der Waals surface area contributed by atoms with Crippen molar-refractivity contribution < 1.29 is 17.2 Å². The topological polar surface area (TPSA) is 50.5 Å². The van der Waals surface area contributed by atoms with Gasteiger partial charge >= 0.3 is 6.55 Å². The third kappa shape index (κ3) is 3.67. The van der Waals surface area contributed by atoms with E-state index >= 15 is 0 Å². The second kappa shape index (κ2) is 7.23. The van der Waals surface area contributed by atoms with Crippen LogP contribution in [0, 0.1) is 4.77 Å². The zero-order valence-electron chi connectivity index (χ0n) is 14.8. The molecule has 1 unspecified atom stereocenters. The predicted molar refractivity (Wildman–Crippen MR) is 102 cm³/mol. The van der Waals surface area contributed by atoms with Gasteiger partial charge in [-0.1, -0.05) is 12.1 Å². The molecule has 1 aromatic carbocycles. The van der Waals surface area contributed by atoms with Crippen LogP contribution in [0.3, 0.4) is 0 Å². The summed E-state index contributed by atoms with van der Waals surface area (Å²) in [6.07, 6.45) is 0.704. The number of benzene rings is 1. The molecule has 0 N–H and O–H groups in total. The summed E-state index contributed by atoms with van der Waals surface area (Å²) in [5.41, 5.74) is 1.14. The number of para-hydroxylation sites is 2. The maximum atomic E-state index is 13.5. The van der Waals surface area contributed by atoms with Crippen LogP contribution in [-0.2, 0) is 16.5 Å². The molecule has 1 aromatic heterocycles. The van der Waals surface area contributed by atoms with Gasteiger partial charge in [-0.3, -0.25) is 14.4 Å². The van der Waals surface area contributed by atoms with Crippen LogP contribution >= 0.6 is 12.2 Å². The number of hydrogen-bond donors (Lipinski definition) is 0. The van der Waals surface area contributed by atoms with Crippen LogP contribution in [0.5, 0.6) is 0 Å². The number of piperazine rings is 1. The highest BCUT2D eigenvalue weighted by molar-refractivity contribution is 7.91.